The summed E-state index contributed by atoms with van der Waals surface area (Å²) in [5.41, 5.74) is 3.79. The van der Waals surface area contributed by atoms with E-state index in [1.807, 2.05) is 0 Å². The number of rotatable bonds is 3. The van der Waals surface area contributed by atoms with E-state index in [-0.39, 0.29) is 11.3 Å². The van der Waals surface area contributed by atoms with Crippen LogP contribution in [0, 0.1) is 11.3 Å². The van der Waals surface area contributed by atoms with Crippen LogP contribution in [0.25, 0.3) is 0 Å². The van der Waals surface area contributed by atoms with Gasteiger partial charge in [-0.25, -0.2) is 0 Å². The van der Waals surface area contributed by atoms with E-state index in [1.165, 1.54) is 16.7 Å². The number of benzene rings is 1. The van der Waals surface area contributed by atoms with Crippen molar-refractivity contribution in [1.29, 1.82) is 0 Å². The molecule has 1 saturated carbocycles. The maximum absolute atomic E-state index is 12.2. The van der Waals surface area contributed by atoms with E-state index < -0.39 is 11.4 Å². The summed E-state index contributed by atoms with van der Waals surface area (Å²) in [6.45, 7) is 8.87. The molecule has 2 nitrogen and oxygen atoms in total. The molecule has 1 fully saturated rings. The lowest BCUT2D eigenvalue weighted by Crippen LogP contribution is -2.53. The number of aliphatic carboxylic acids is 1. The Morgan fingerprint density at radius 2 is 2.09 bits per heavy atom. The zero-order chi connectivity index (χ0) is 16.8. The minimum Gasteiger partial charge on any atom is -0.481 e. The number of carboxylic acid groups (broad SMARTS) is 1. The van der Waals surface area contributed by atoms with Gasteiger partial charge in [-0.15, -0.1) is 0 Å². The number of fused-ring (bicyclic) bond motifs is 3. The van der Waals surface area contributed by atoms with E-state index in [9.17, 15) is 9.90 Å². The molecule has 3 atom stereocenters. The van der Waals surface area contributed by atoms with Gasteiger partial charge in [0.15, 0.2) is 0 Å². The van der Waals surface area contributed by atoms with Crippen molar-refractivity contribution in [3.05, 3.63) is 34.9 Å². The SMILES string of the molecule is CC[C@]1(C(=O)O)CCC[C@]2(C)c3ccc(C(C)C)cc3CC[C@@H]12. The number of aryl methyl sites for hydroxylation is 1. The van der Waals surface area contributed by atoms with Gasteiger partial charge in [0.25, 0.3) is 0 Å². The molecule has 1 N–H and O–H groups in total. The molecular formula is C21H30O2. The molecule has 0 aromatic heterocycles. The fourth-order valence-electron chi connectivity index (χ4n) is 5.51. The van der Waals surface area contributed by atoms with Gasteiger partial charge in [-0.3, -0.25) is 4.79 Å². The number of hydrogen-bond acceptors (Lipinski definition) is 1. The van der Waals surface area contributed by atoms with Crippen molar-refractivity contribution < 1.29 is 9.90 Å². The summed E-state index contributed by atoms with van der Waals surface area (Å²) >= 11 is 0. The maximum atomic E-state index is 12.2. The quantitative estimate of drug-likeness (QED) is 0.822. The maximum Gasteiger partial charge on any atom is 0.309 e. The van der Waals surface area contributed by atoms with Gasteiger partial charge in [0.1, 0.15) is 0 Å². The number of carboxylic acids is 1. The molecule has 0 radical (unpaired) electrons. The highest BCUT2D eigenvalue weighted by molar-refractivity contribution is 5.76. The predicted molar refractivity (Wildman–Crippen MR) is 93.9 cm³/mol. The summed E-state index contributed by atoms with van der Waals surface area (Å²) in [4.78, 5) is 12.2. The molecule has 3 rings (SSSR count). The predicted octanol–water partition coefficient (Wildman–Crippen LogP) is 5.30. The first-order valence-electron chi connectivity index (χ1n) is 9.22. The molecule has 0 aliphatic heterocycles. The van der Waals surface area contributed by atoms with Crippen molar-refractivity contribution >= 4 is 5.97 Å². The average Bonchev–Trinajstić information content (AvgIpc) is 2.52. The van der Waals surface area contributed by atoms with Crippen LogP contribution in [-0.2, 0) is 16.6 Å². The van der Waals surface area contributed by atoms with Gasteiger partial charge >= 0.3 is 5.97 Å². The molecule has 1 aromatic rings. The number of carbonyl (C=O) groups is 1. The topological polar surface area (TPSA) is 37.3 Å². The van der Waals surface area contributed by atoms with E-state index in [0.717, 1.165) is 38.5 Å². The molecule has 126 valence electrons. The Bertz CT molecular complexity index is 618. The molecule has 2 aliphatic rings. The van der Waals surface area contributed by atoms with Crippen LogP contribution in [-0.4, -0.2) is 11.1 Å². The Hall–Kier alpha value is -1.31. The van der Waals surface area contributed by atoms with Gasteiger partial charge < -0.3 is 5.11 Å². The van der Waals surface area contributed by atoms with Crippen LogP contribution in [0.5, 0.6) is 0 Å². The Kier molecular flexibility index (Phi) is 4.06. The first kappa shape index (κ1) is 16.5. The summed E-state index contributed by atoms with van der Waals surface area (Å²) in [5.74, 6) is 0.243. The van der Waals surface area contributed by atoms with Crippen LogP contribution in [0.3, 0.4) is 0 Å². The summed E-state index contributed by atoms with van der Waals surface area (Å²) in [6.07, 6.45) is 5.80. The zero-order valence-electron chi connectivity index (χ0n) is 15.0. The average molecular weight is 314 g/mol. The van der Waals surface area contributed by atoms with E-state index in [4.69, 9.17) is 0 Å². The van der Waals surface area contributed by atoms with Crippen LogP contribution < -0.4 is 0 Å². The van der Waals surface area contributed by atoms with Crippen molar-refractivity contribution in [3.8, 4) is 0 Å². The summed E-state index contributed by atoms with van der Waals surface area (Å²) < 4.78 is 0. The van der Waals surface area contributed by atoms with E-state index in [2.05, 4.69) is 45.9 Å². The van der Waals surface area contributed by atoms with Crippen LogP contribution >= 0.6 is 0 Å². The molecule has 0 amide bonds. The minimum atomic E-state index is -0.571. The fourth-order valence-corrected chi connectivity index (χ4v) is 5.51. The molecule has 0 spiro atoms. The fraction of sp³-hybridized carbons (Fsp3) is 0.667. The standard InChI is InChI=1S/C21H30O2/c1-5-21(19(22)23)12-6-11-20(4)17-9-7-15(14(2)3)13-16(17)8-10-18(20)21/h7,9,13-14,18H,5-6,8,10-12H2,1-4H3,(H,22,23)/t18-,20-,21+/m1/s1. The van der Waals surface area contributed by atoms with Crippen LogP contribution in [0.4, 0.5) is 0 Å². The van der Waals surface area contributed by atoms with Crippen molar-refractivity contribution in [2.24, 2.45) is 11.3 Å². The van der Waals surface area contributed by atoms with E-state index >= 15 is 0 Å². The molecule has 1 aromatic carbocycles. The first-order chi connectivity index (χ1) is 10.8. The molecule has 0 saturated heterocycles. The van der Waals surface area contributed by atoms with Gasteiger partial charge in [0.2, 0.25) is 0 Å². The van der Waals surface area contributed by atoms with E-state index in [0.29, 0.717) is 5.92 Å². The highest BCUT2D eigenvalue weighted by atomic mass is 16.4. The second kappa shape index (κ2) is 5.65. The third-order valence-electron chi connectivity index (χ3n) is 6.93. The highest BCUT2D eigenvalue weighted by Gasteiger charge is 2.56. The third-order valence-corrected chi connectivity index (χ3v) is 6.93. The van der Waals surface area contributed by atoms with Gasteiger partial charge in [-0.1, -0.05) is 52.3 Å². The zero-order valence-corrected chi connectivity index (χ0v) is 15.0. The minimum absolute atomic E-state index is 0.0236. The summed E-state index contributed by atoms with van der Waals surface area (Å²) in [6, 6.07) is 6.95. The first-order valence-corrected chi connectivity index (χ1v) is 9.22. The van der Waals surface area contributed by atoms with Crippen LogP contribution in [0.1, 0.15) is 82.4 Å². The largest absolute Gasteiger partial charge is 0.481 e. The molecular weight excluding hydrogens is 284 g/mol. The lowest BCUT2D eigenvalue weighted by Gasteiger charge is -2.54. The monoisotopic (exact) mass is 314 g/mol. The van der Waals surface area contributed by atoms with Crippen molar-refractivity contribution in [2.45, 2.75) is 77.6 Å². The molecule has 2 aliphatic carbocycles. The molecule has 23 heavy (non-hydrogen) atoms. The second-order valence-corrected chi connectivity index (χ2v) is 8.25. The lowest BCUT2D eigenvalue weighted by atomic mass is 9.48. The lowest BCUT2D eigenvalue weighted by molar-refractivity contribution is -0.159. The van der Waals surface area contributed by atoms with Gasteiger partial charge in [-0.2, -0.15) is 0 Å². The highest BCUT2D eigenvalue weighted by Crippen LogP contribution is 2.58. The smallest absolute Gasteiger partial charge is 0.309 e. The van der Waals surface area contributed by atoms with Crippen molar-refractivity contribution in [3.63, 3.8) is 0 Å². The van der Waals surface area contributed by atoms with Crippen LogP contribution in [0.2, 0.25) is 0 Å². The molecule has 0 heterocycles. The molecule has 0 unspecified atom stereocenters. The van der Waals surface area contributed by atoms with Crippen LogP contribution in [0.15, 0.2) is 18.2 Å². The number of hydrogen-bond donors (Lipinski definition) is 1. The van der Waals surface area contributed by atoms with Gasteiger partial charge in [-0.05, 0) is 66.0 Å². The summed E-state index contributed by atoms with van der Waals surface area (Å²) in [7, 11) is 0. The van der Waals surface area contributed by atoms with Crippen molar-refractivity contribution in [1.82, 2.24) is 0 Å². The third kappa shape index (κ3) is 2.33. The Morgan fingerprint density at radius 3 is 2.70 bits per heavy atom. The van der Waals surface area contributed by atoms with E-state index in [1.54, 1.807) is 0 Å². The Morgan fingerprint density at radius 1 is 1.35 bits per heavy atom. The molecule has 2 heteroatoms. The Balaban J connectivity index is 2.09. The van der Waals surface area contributed by atoms with Gasteiger partial charge in [0, 0.05) is 0 Å². The van der Waals surface area contributed by atoms with Crippen molar-refractivity contribution in [2.75, 3.05) is 0 Å². The summed E-state index contributed by atoms with van der Waals surface area (Å²) in [5, 5.41) is 10.0. The normalized spacial score (nSPS) is 33.2. The second-order valence-electron chi connectivity index (χ2n) is 8.25. The van der Waals surface area contributed by atoms with Gasteiger partial charge in [0.05, 0.1) is 5.41 Å². The Labute approximate surface area is 140 Å². The molecule has 0 bridgehead atoms.